The third kappa shape index (κ3) is 2.05. The molecule has 0 bridgehead atoms. The second kappa shape index (κ2) is 4.50. The van der Waals surface area contributed by atoms with Crippen molar-refractivity contribution in [2.24, 2.45) is 7.05 Å². The van der Waals surface area contributed by atoms with Crippen molar-refractivity contribution < 1.29 is 0 Å². The lowest BCUT2D eigenvalue weighted by atomic mass is 9.93. The van der Waals surface area contributed by atoms with E-state index in [9.17, 15) is 0 Å². The summed E-state index contributed by atoms with van der Waals surface area (Å²) in [7, 11) is 2.02. The molecule has 0 aromatic carbocycles. The van der Waals surface area contributed by atoms with Gasteiger partial charge in [-0.2, -0.15) is 5.10 Å². The molecule has 80 valence electrons. The van der Waals surface area contributed by atoms with Gasteiger partial charge < -0.3 is 5.32 Å². The molecular weight excluding hydrogens is 186 g/mol. The molecule has 1 aromatic heterocycles. The first-order chi connectivity index (χ1) is 7.33. The van der Waals surface area contributed by atoms with Crippen LogP contribution in [-0.4, -0.2) is 16.3 Å². The molecule has 1 unspecified atom stereocenters. The number of aromatic nitrogens is 2. The third-order valence-electron chi connectivity index (χ3n) is 3.04. The van der Waals surface area contributed by atoms with Crippen LogP contribution in [0.25, 0.3) is 0 Å². The maximum Gasteiger partial charge on any atom is 0.0540 e. The van der Waals surface area contributed by atoms with Crippen molar-refractivity contribution >= 4 is 0 Å². The molecular formula is C12H17N3. The molecule has 0 saturated heterocycles. The van der Waals surface area contributed by atoms with Crippen molar-refractivity contribution in [3.05, 3.63) is 17.5 Å². The minimum absolute atomic E-state index is 0.454. The van der Waals surface area contributed by atoms with Crippen LogP contribution < -0.4 is 5.32 Å². The molecule has 1 heterocycles. The monoisotopic (exact) mass is 203 g/mol. The Balaban J connectivity index is 2.06. The Labute approximate surface area is 90.9 Å². The molecule has 1 aliphatic rings. The van der Waals surface area contributed by atoms with Gasteiger partial charge in [-0.1, -0.05) is 0 Å². The molecule has 3 nitrogen and oxygen atoms in total. The standard InChI is InChI=1S/C12H17N3/c1-3-4-8-13-11-6-5-7-12-10(11)9-14-15(12)2/h1,9,11,13H,4-8H2,2H3. The van der Waals surface area contributed by atoms with Gasteiger partial charge in [-0.15, -0.1) is 12.3 Å². The van der Waals surface area contributed by atoms with Crippen LogP contribution in [-0.2, 0) is 13.5 Å². The zero-order valence-electron chi connectivity index (χ0n) is 9.16. The number of rotatable bonds is 3. The number of hydrogen-bond acceptors (Lipinski definition) is 2. The summed E-state index contributed by atoms with van der Waals surface area (Å²) in [6.07, 6.45) is 11.6. The molecule has 0 radical (unpaired) electrons. The largest absolute Gasteiger partial charge is 0.309 e. The fourth-order valence-corrected chi connectivity index (χ4v) is 2.24. The van der Waals surface area contributed by atoms with E-state index >= 15 is 0 Å². The zero-order valence-corrected chi connectivity index (χ0v) is 9.16. The highest BCUT2D eigenvalue weighted by Crippen LogP contribution is 2.28. The summed E-state index contributed by atoms with van der Waals surface area (Å²) in [6, 6.07) is 0.454. The molecule has 0 amide bonds. The lowest BCUT2D eigenvalue weighted by Crippen LogP contribution is -2.25. The summed E-state index contributed by atoms with van der Waals surface area (Å²) in [5.41, 5.74) is 2.74. The van der Waals surface area contributed by atoms with Gasteiger partial charge in [0.05, 0.1) is 6.20 Å². The number of hydrogen-bond donors (Lipinski definition) is 1. The van der Waals surface area contributed by atoms with Crippen LogP contribution >= 0.6 is 0 Å². The van der Waals surface area contributed by atoms with Crippen molar-refractivity contribution in [1.29, 1.82) is 0 Å². The van der Waals surface area contributed by atoms with Crippen LogP contribution in [0.4, 0.5) is 0 Å². The van der Waals surface area contributed by atoms with Gasteiger partial charge >= 0.3 is 0 Å². The Morgan fingerprint density at radius 1 is 1.73 bits per heavy atom. The maximum absolute atomic E-state index is 5.24. The Bertz CT molecular complexity index is 373. The predicted molar refractivity (Wildman–Crippen MR) is 60.3 cm³/mol. The third-order valence-corrected chi connectivity index (χ3v) is 3.04. The number of aryl methyl sites for hydroxylation is 1. The Morgan fingerprint density at radius 2 is 2.60 bits per heavy atom. The lowest BCUT2D eigenvalue weighted by molar-refractivity contribution is 0.458. The average Bonchev–Trinajstić information content (AvgIpc) is 2.62. The van der Waals surface area contributed by atoms with E-state index in [4.69, 9.17) is 6.42 Å². The molecule has 0 spiro atoms. The first kappa shape index (κ1) is 10.3. The van der Waals surface area contributed by atoms with E-state index in [0.717, 1.165) is 19.4 Å². The van der Waals surface area contributed by atoms with Crippen LogP contribution in [0.2, 0.25) is 0 Å². The molecule has 3 heteroatoms. The van der Waals surface area contributed by atoms with E-state index in [0.29, 0.717) is 6.04 Å². The van der Waals surface area contributed by atoms with Crippen LogP contribution in [0.1, 0.15) is 36.6 Å². The van der Waals surface area contributed by atoms with E-state index in [-0.39, 0.29) is 0 Å². The van der Waals surface area contributed by atoms with Crippen molar-refractivity contribution in [2.75, 3.05) is 6.54 Å². The molecule has 0 aliphatic heterocycles. The van der Waals surface area contributed by atoms with Gasteiger partial charge in [0.2, 0.25) is 0 Å². The number of terminal acetylenes is 1. The van der Waals surface area contributed by atoms with Crippen molar-refractivity contribution in [2.45, 2.75) is 31.7 Å². The summed E-state index contributed by atoms with van der Waals surface area (Å²) in [6.45, 7) is 0.898. The van der Waals surface area contributed by atoms with Gasteiger partial charge in [-0.25, -0.2) is 0 Å². The first-order valence-electron chi connectivity index (χ1n) is 5.50. The SMILES string of the molecule is C#CCCNC1CCCc2c1cnn2C. The van der Waals surface area contributed by atoms with Crippen LogP contribution in [0.5, 0.6) is 0 Å². The number of fused-ring (bicyclic) bond motifs is 1. The smallest absolute Gasteiger partial charge is 0.0540 e. The van der Waals surface area contributed by atoms with Gasteiger partial charge in [-0.3, -0.25) is 4.68 Å². The normalized spacial score (nSPS) is 19.6. The van der Waals surface area contributed by atoms with Crippen molar-refractivity contribution in [1.82, 2.24) is 15.1 Å². The molecule has 2 rings (SSSR count). The fourth-order valence-electron chi connectivity index (χ4n) is 2.24. The zero-order chi connectivity index (χ0) is 10.7. The molecule has 1 aliphatic carbocycles. The topological polar surface area (TPSA) is 29.9 Å². The van der Waals surface area contributed by atoms with Gasteiger partial charge in [0.1, 0.15) is 0 Å². The molecule has 15 heavy (non-hydrogen) atoms. The predicted octanol–water partition coefficient (Wildman–Crippen LogP) is 1.41. The van der Waals surface area contributed by atoms with E-state index in [1.54, 1.807) is 0 Å². The minimum Gasteiger partial charge on any atom is -0.309 e. The van der Waals surface area contributed by atoms with Gasteiger partial charge in [-0.05, 0) is 19.3 Å². The van der Waals surface area contributed by atoms with Crippen molar-refractivity contribution in [3.63, 3.8) is 0 Å². The molecule has 1 N–H and O–H groups in total. The van der Waals surface area contributed by atoms with Gasteiger partial charge in [0.25, 0.3) is 0 Å². The van der Waals surface area contributed by atoms with E-state index < -0.39 is 0 Å². The molecule has 1 atom stereocenters. The average molecular weight is 203 g/mol. The molecule has 0 saturated carbocycles. The van der Waals surface area contributed by atoms with Crippen LogP contribution in [0, 0.1) is 12.3 Å². The second-order valence-corrected chi connectivity index (χ2v) is 4.02. The second-order valence-electron chi connectivity index (χ2n) is 4.02. The summed E-state index contributed by atoms with van der Waals surface area (Å²) in [4.78, 5) is 0. The van der Waals surface area contributed by atoms with Crippen LogP contribution in [0.15, 0.2) is 6.20 Å². The number of nitrogens with one attached hydrogen (secondary N) is 1. The van der Waals surface area contributed by atoms with E-state index in [1.807, 2.05) is 17.9 Å². The van der Waals surface area contributed by atoms with E-state index in [2.05, 4.69) is 16.3 Å². The summed E-state index contributed by atoms with van der Waals surface area (Å²) < 4.78 is 1.99. The highest BCUT2D eigenvalue weighted by molar-refractivity contribution is 5.24. The fraction of sp³-hybridized carbons (Fsp3) is 0.583. The highest BCUT2D eigenvalue weighted by Gasteiger charge is 2.22. The summed E-state index contributed by atoms with van der Waals surface area (Å²) >= 11 is 0. The quantitative estimate of drug-likeness (QED) is 0.594. The highest BCUT2D eigenvalue weighted by atomic mass is 15.3. The van der Waals surface area contributed by atoms with Crippen molar-refractivity contribution in [3.8, 4) is 12.3 Å². The lowest BCUT2D eigenvalue weighted by Gasteiger charge is -2.23. The van der Waals surface area contributed by atoms with Gasteiger partial charge in [0.15, 0.2) is 0 Å². The first-order valence-corrected chi connectivity index (χ1v) is 5.50. The molecule has 0 fully saturated rings. The summed E-state index contributed by atoms with van der Waals surface area (Å²) in [5.74, 6) is 2.65. The Kier molecular flexibility index (Phi) is 3.08. The van der Waals surface area contributed by atoms with E-state index in [1.165, 1.54) is 24.1 Å². The summed E-state index contributed by atoms with van der Waals surface area (Å²) in [5, 5.41) is 7.81. The Morgan fingerprint density at radius 3 is 3.40 bits per heavy atom. The van der Waals surface area contributed by atoms with Crippen LogP contribution in [0.3, 0.4) is 0 Å². The molecule has 1 aromatic rings. The van der Waals surface area contributed by atoms with Gasteiger partial charge in [0, 0.05) is 37.3 Å². The number of nitrogens with zero attached hydrogens (tertiary/aromatic N) is 2. The Hall–Kier alpha value is -1.27. The maximum atomic E-state index is 5.24. The minimum atomic E-state index is 0.454.